The van der Waals surface area contributed by atoms with E-state index >= 15 is 0 Å². The van der Waals surface area contributed by atoms with Crippen molar-refractivity contribution in [2.75, 3.05) is 71.2 Å². The van der Waals surface area contributed by atoms with E-state index in [1.165, 1.54) is 14.0 Å². The number of hydrogen-bond acceptors (Lipinski definition) is 31. The van der Waals surface area contributed by atoms with Crippen LogP contribution in [0.15, 0.2) is 0 Å². The van der Waals surface area contributed by atoms with E-state index in [4.69, 9.17) is 31.2 Å². The highest BCUT2D eigenvalue weighted by molar-refractivity contribution is 8.76. The fourth-order valence-electron chi connectivity index (χ4n) is 7.93. The van der Waals surface area contributed by atoms with Crippen molar-refractivity contribution in [2.45, 2.75) is 175 Å². The summed E-state index contributed by atoms with van der Waals surface area (Å²) in [6.07, 6.45) is -30.8. The largest absolute Gasteiger partial charge is 0.481 e. The van der Waals surface area contributed by atoms with Crippen LogP contribution in [0.25, 0.3) is 0 Å². The second kappa shape index (κ2) is 48.9. The molecule has 0 unspecified atom stereocenters. The molecule has 31 N–H and O–H groups in total. The highest BCUT2D eigenvalue weighted by Gasteiger charge is 2.37. The third kappa shape index (κ3) is 36.6. The quantitative estimate of drug-likeness (QED) is 0.00884. The number of rotatable bonds is 52. The summed E-state index contributed by atoms with van der Waals surface area (Å²) in [6.45, 7) is -4.30. The van der Waals surface area contributed by atoms with Crippen LogP contribution in [0.1, 0.15) is 71.1 Å². The predicted molar refractivity (Wildman–Crippen MR) is 331 cm³/mol. The minimum absolute atomic E-state index is 0.0525. The maximum absolute atomic E-state index is 14.5. The third-order valence-electron chi connectivity index (χ3n) is 13.8. The number of hydrazine groups is 1. The van der Waals surface area contributed by atoms with Gasteiger partial charge in [-0.25, -0.2) is 15.0 Å². The SMILES string of the molecule is CNNC(=O)OCCSSC[C@H](NC(=O)[C@H](CCC(=O)NC[C@H](O)[C@@H](O)[C@H](O)[C@H](O)CO)NC(=O)[C@H](CCC(=O)O)NC(=O)[C@H](CCC(=O)NC[C@H](O)[C@@H](O)[C@H](O)[C@H](O)CO)NC(=O)[C@H](CCCNC(=N)N)NC(=O)[C@@H](C)CCC(=O)NC[C@H](O)[C@@H](O)[C@H](O)[C@H](O)CO)C(=O)O. The lowest BCUT2D eigenvalue weighted by molar-refractivity contribution is -0.142. The molecule has 0 aliphatic rings. The Balaban J connectivity index is 7.29. The van der Waals surface area contributed by atoms with Crippen LogP contribution in [-0.2, 0) is 52.7 Å². The fraction of sp³-hybridized carbons (Fsp3) is 0.769. The zero-order valence-electron chi connectivity index (χ0n) is 52.4. The van der Waals surface area contributed by atoms with Gasteiger partial charge in [0.05, 0.1) is 38.1 Å². The smallest absolute Gasteiger partial charge is 0.421 e. The van der Waals surface area contributed by atoms with E-state index in [9.17, 15) is 124 Å². The van der Waals surface area contributed by atoms with E-state index in [2.05, 4.69) is 58.7 Å². The molecule has 0 heterocycles. The Labute approximate surface area is 556 Å². The first kappa shape index (κ1) is 89.3. The molecule has 0 spiro atoms. The van der Waals surface area contributed by atoms with E-state index < -0.39 is 265 Å². The van der Waals surface area contributed by atoms with Gasteiger partial charge < -0.3 is 145 Å². The summed E-state index contributed by atoms with van der Waals surface area (Å²) >= 11 is 0. The van der Waals surface area contributed by atoms with Crippen LogP contribution < -0.4 is 64.4 Å². The number of carboxylic acids is 2. The van der Waals surface area contributed by atoms with Gasteiger partial charge in [0.1, 0.15) is 91.8 Å². The summed E-state index contributed by atoms with van der Waals surface area (Å²) in [7, 11) is 3.29. The molecule has 9 amide bonds. The molecule has 44 heteroatoms. The molecule has 0 aliphatic carbocycles. The number of nitrogens with one attached hydrogen (secondary N) is 12. The highest BCUT2D eigenvalue weighted by atomic mass is 33.1. The molecule has 0 fully saturated rings. The van der Waals surface area contributed by atoms with Gasteiger partial charge in [0.15, 0.2) is 5.96 Å². The molecule has 42 nitrogen and oxygen atoms in total. The average molecular weight is 1430 g/mol. The summed E-state index contributed by atoms with van der Waals surface area (Å²) in [5, 5.41) is 195. The standard InChI is InChI=1S/C52H95N13O29S2/c1-23(5-9-35(75)57-16-29(69)39(80)42(83)32(72)19-66)45(86)60-24(4-3-13-56-51(53)54)46(87)61-25(6-10-36(76)58-17-30(70)40(81)43(84)33(73)20-67)47(88)63-27(8-12-38(78)79)48(89)62-26(7-11-37(77)59-18-31(71)41(82)44(85)34(74)21-68)49(90)64-28(50(91)92)22-96-95-15-14-94-52(93)65-55-2/h23-34,39-44,55,66-74,80-85H,3-22H2,1-2H3,(H,57,75)(H,58,76)(H,59,77)(H,60,86)(H,61,87)(H,62,89)(H,63,88)(H,64,90)(H,65,93)(H,78,79)(H,91,92)(H4,53,54,56)/t23-,24-,25-,26-,27-,28-,29-,30-,31-,32+,33+,34+,39+,40+,41+,42+,43+,44+/m0/s1. The van der Waals surface area contributed by atoms with Crippen molar-refractivity contribution in [3.63, 3.8) is 0 Å². The van der Waals surface area contributed by atoms with Crippen LogP contribution in [0.3, 0.4) is 0 Å². The minimum Gasteiger partial charge on any atom is -0.481 e. The molecule has 554 valence electrons. The van der Waals surface area contributed by atoms with E-state index in [1.54, 1.807) is 0 Å². The molecule has 0 saturated heterocycles. The van der Waals surface area contributed by atoms with Crippen molar-refractivity contribution < 1.29 is 144 Å². The Hall–Kier alpha value is -6.70. The van der Waals surface area contributed by atoms with Crippen molar-refractivity contribution in [1.29, 1.82) is 5.41 Å². The van der Waals surface area contributed by atoms with Crippen LogP contribution in [0.4, 0.5) is 4.79 Å². The highest BCUT2D eigenvalue weighted by Crippen LogP contribution is 2.22. The number of hydrogen-bond donors (Lipinski definition) is 30. The zero-order chi connectivity index (χ0) is 73.4. The van der Waals surface area contributed by atoms with Crippen molar-refractivity contribution in [3.05, 3.63) is 0 Å². The van der Waals surface area contributed by atoms with Gasteiger partial charge in [0.2, 0.25) is 47.3 Å². The molecule has 0 bridgehead atoms. The Kier molecular flexibility index (Phi) is 45.5. The van der Waals surface area contributed by atoms with Crippen LogP contribution in [0, 0.1) is 11.3 Å². The number of carbonyl (C=O) groups is 11. The molecular weight excluding hydrogens is 1330 g/mol. The lowest BCUT2D eigenvalue weighted by atomic mass is 10.0. The maximum atomic E-state index is 14.5. The fourth-order valence-corrected chi connectivity index (χ4v) is 9.92. The summed E-state index contributed by atoms with van der Waals surface area (Å²) in [5.74, 6) is -14.1. The minimum atomic E-state index is -2.15. The van der Waals surface area contributed by atoms with Gasteiger partial charge >= 0.3 is 18.0 Å². The summed E-state index contributed by atoms with van der Waals surface area (Å²) < 4.78 is 4.89. The first-order valence-electron chi connectivity index (χ1n) is 29.7. The van der Waals surface area contributed by atoms with Crippen molar-refractivity contribution in [2.24, 2.45) is 11.7 Å². The molecule has 18 atom stereocenters. The predicted octanol–water partition coefficient (Wildman–Crippen LogP) is -13.5. The van der Waals surface area contributed by atoms with E-state index in [1.807, 2.05) is 0 Å². The van der Waals surface area contributed by atoms with Crippen LogP contribution in [-0.4, -0.2) is 333 Å². The molecule has 0 rings (SSSR count). The third-order valence-corrected chi connectivity index (χ3v) is 16.2. The van der Waals surface area contributed by atoms with Crippen LogP contribution >= 0.6 is 21.6 Å². The molecule has 0 aromatic heterocycles. The monoisotopic (exact) mass is 1430 g/mol. The zero-order valence-corrected chi connectivity index (χ0v) is 54.1. The molecule has 0 aromatic rings. The first-order valence-corrected chi connectivity index (χ1v) is 32.2. The van der Waals surface area contributed by atoms with Gasteiger partial charge in [-0.1, -0.05) is 28.5 Å². The first-order chi connectivity index (χ1) is 45.1. The van der Waals surface area contributed by atoms with Gasteiger partial charge in [-0.2, -0.15) is 0 Å². The van der Waals surface area contributed by atoms with E-state index in [0.29, 0.717) is 0 Å². The number of aliphatic hydroxyl groups is 15. The molecule has 0 aliphatic heterocycles. The molecular formula is C52H95N13O29S2. The summed E-state index contributed by atoms with van der Waals surface area (Å²) in [6, 6.07) is -9.40. The number of carbonyl (C=O) groups excluding carboxylic acids is 9. The Bertz CT molecular complexity index is 2440. The Morgan fingerprint density at radius 3 is 1.16 bits per heavy atom. The number of carboxylic acid groups (broad SMARTS) is 2. The number of nitrogens with two attached hydrogens (primary N) is 1. The maximum Gasteiger partial charge on any atom is 0.421 e. The van der Waals surface area contributed by atoms with Gasteiger partial charge in [-0.05, 0) is 38.5 Å². The molecule has 0 saturated carbocycles. The van der Waals surface area contributed by atoms with Gasteiger partial charge in [-0.15, -0.1) is 0 Å². The number of ether oxygens (including phenoxy) is 1. The molecule has 0 aromatic carbocycles. The van der Waals surface area contributed by atoms with Crippen LogP contribution in [0.2, 0.25) is 0 Å². The number of aliphatic carboxylic acids is 2. The van der Waals surface area contributed by atoms with Crippen LogP contribution in [0.5, 0.6) is 0 Å². The second-order valence-electron chi connectivity index (χ2n) is 21.5. The van der Waals surface area contributed by atoms with Crippen molar-refractivity contribution in [3.8, 4) is 0 Å². The Morgan fingerprint density at radius 2 is 0.802 bits per heavy atom. The lowest BCUT2D eigenvalue weighted by Crippen LogP contribution is -2.59. The lowest BCUT2D eigenvalue weighted by Gasteiger charge is -2.27. The number of aliphatic hydroxyl groups excluding tert-OH is 15. The van der Waals surface area contributed by atoms with Gasteiger partial charge in [0, 0.05) is 76.3 Å². The van der Waals surface area contributed by atoms with Crippen molar-refractivity contribution >= 4 is 92.8 Å². The normalized spacial score (nSPS) is 17.0. The van der Waals surface area contributed by atoms with E-state index in [-0.39, 0.29) is 43.9 Å². The number of amides is 9. The van der Waals surface area contributed by atoms with E-state index in [0.717, 1.165) is 21.6 Å². The summed E-state index contributed by atoms with van der Waals surface area (Å²) in [4.78, 5) is 146. The average Bonchev–Trinajstić information content (AvgIpc) is 0.978. The van der Waals surface area contributed by atoms with Gasteiger partial charge in [0.25, 0.3) is 0 Å². The number of guanidine groups is 1. The molecule has 0 radical (unpaired) electrons. The van der Waals surface area contributed by atoms with Gasteiger partial charge in [-0.3, -0.25) is 54.0 Å². The Morgan fingerprint density at radius 1 is 0.458 bits per heavy atom. The summed E-state index contributed by atoms with van der Waals surface area (Å²) in [5.41, 5.74) is 9.89. The second-order valence-corrected chi connectivity index (χ2v) is 24.1. The van der Waals surface area contributed by atoms with Crippen molar-refractivity contribution in [1.82, 2.24) is 58.7 Å². The molecule has 96 heavy (non-hydrogen) atoms. The topological polar surface area (TPSA) is 723 Å².